The van der Waals surface area contributed by atoms with Gasteiger partial charge in [-0.3, -0.25) is 4.79 Å². The fraction of sp³-hybridized carbons (Fsp3) is 0.700. The predicted octanol–water partition coefficient (Wildman–Crippen LogP) is 2.30. The van der Waals surface area contributed by atoms with Crippen molar-refractivity contribution in [3.63, 3.8) is 0 Å². The van der Waals surface area contributed by atoms with Gasteiger partial charge in [-0.2, -0.15) is 0 Å². The molecular formula is C10H16O2. The van der Waals surface area contributed by atoms with E-state index in [-0.39, 0.29) is 5.97 Å². The zero-order valence-corrected chi connectivity index (χ0v) is 7.58. The maximum absolute atomic E-state index is 10.7. The third-order valence-corrected chi connectivity index (χ3v) is 2.32. The molecule has 0 amide bonds. The van der Waals surface area contributed by atoms with E-state index in [1.165, 1.54) is 32.8 Å². The molecule has 0 N–H and O–H groups in total. The lowest BCUT2D eigenvalue weighted by Crippen LogP contribution is -1.97. The first-order chi connectivity index (χ1) is 5.83. The van der Waals surface area contributed by atoms with Crippen LogP contribution in [0.3, 0.4) is 0 Å². The smallest absolute Gasteiger partial charge is 0.309 e. The van der Waals surface area contributed by atoms with Crippen LogP contribution in [0.1, 0.15) is 32.1 Å². The Morgan fingerprint density at radius 1 is 1.50 bits per heavy atom. The first-order valence-electron chi connectivity index (χ1n) is 4.56. The maximum atomic E-state index is 10.7. The third-order valence-electron chi connectivity index (χ3n) is 2.32. The van der Waals surface area contributed by atoms with Crippen molar-refractivity contribution in [2.45, 2.75) is 32.1 Å². The summed E-state index contributed by atoms with van der Waals surface area (Å²) in [5, 5.41) is 0. The molecule has 1 aliphatic rings. The van der Waals surface area contributed by atoms with E-state index >= 15 is 0 Å². The van der Waals surface area contributed by atoms with Gasteiger partial charge in [0.25, 0.3) is 0 Å². The van der Waals surface area contributed by atoms with E-state index in [0.29, 0.717) is 6.42 Å². The summed E-state index contributed by atoms with van der Waals surface area (Å²) < 4.78 is 4.52. The van der Waals surface area contributed by atoms with Crippen LogP contribution in [0.15, 0.2) is 12.2 Å². The van der Waals surface area contributed by atoms with E-state index in [0.717, 1.165) is 5.92 Å². The van der Waals surface area contributed by atoms with Gasteiger partial charge in [0.05, 0.1) is 13.5 Å². The Bertz CT molecular complexity index is 167. The molecule has 1 aliphatic carbocycles. The van der Waals surface area contributed by atoms with Gasteiger partial charge in [0.15, 0.2) is 0 Å². The summed E-state index contributed by atoms with van der Waals surface area (Å²) in [5.74, 6) is 0.568. The zero-order valence-electron chi connectivity index (χ0n) is 7.58. The number of carbonyl (C=O) groups excluding carboxylic acids is 1. The average Bonchev–Trinajstić information content (AvgIpc) is 2.57. The van der Waals surface area contributed by atoms with Crippen LogP contribution >= 0.6 is 0 Å². The molecule has 0 heterocycles. The number of methoxy groups -OCH3 is 1. The van der Waals surface area contributed by atoms with Crippen LogP contribution in [-0.4, -0.2) is 13.1 Å². The van der Waals surface area contributed by atoms with Crippen LogP contribution in [0, 0.1) is 5.92 Å². The van der Waals surface area contributed by atoms with Crippen molar-refractivity contribution < 1.29 is 9.53 Å². The van der Waals surface area contributed by atoms with Crippen LogP contribution in [-0.2, 0) is 9.53 Å². The molecule has 0 unspecified atom stereocenters. The van der Waals surface area contributed by atoms with Crippen LogP contribution in [0.25, 0.3) is 0 Å². The minimum absolute atomic E-state index is 0.149. The molecule has 1 rings (SSSR count). The van der Waals surface area contributed by atoms with Crippen molar-refractivity contribution in [1.29, 1.82) is 0 Å². The van der Waals surface area contributed by atoms with Gasteiger partial charge in [0, 0.05) is 0 Å². The Kier molecular flexibility index (Phi) is 3.85. The second-order valence-electron chi connectivity index (χ2n) is 3.25. The highest BCUT2D eigenvalue weighted by Crippen LogP contribution is 2.25. The molecule has 2 nitrogen and oxygen atoms in total. The number of allylic oxidation sites excluding steroid dienone is 1. The van der Waals surface area contributed by atoms with E-state index < -0.39 is 0 Å². The van der Waals surface area contributed by atoms with Crippen LogP contribution in [0.4, 0.5) is 0 Å². The zero-order chi connectivity index (χ0) is 8.81. The van der Waals surface area contributed by atoms with E-state index in [2.05, 4.69) is 10.8 Å². The summed E-state index contributed by atoms with van der Waals surface area (Å²) in [7, 11) is 1.42. The van der Waals surface area contributed by atoms with Crippen molar-refractivity contribution >= 4 is 5.97 Å². The molecular weight excluding hydrogens is 152 g/mol. The molecule has 68 valence electrons. The topological polar surface area (TPSA) is 26.3 Å². The summed E-state index contributed by atoms with van der Waals surface area (Å²) in [6.07, 6.45) is 9.77. The highest BCUT2D eigenvalue weighted by atomic mass is 16.5. The van der Waals surface area contributed by atoms with Crippen molar-refractivity contribution in [1.82, 2.24) is 0 Å². The maximum Gasteiger partial charge on any atom is 0.309 e. The molecule has 2 heteroatoms. The number of hydrogen-bond donors (Lipinski definition) is 0. The highest BCUT2D eigenvalue weighted by Gasteiger charge is 2.10. The van der Waals surface area contributed by atoms with Gasteiger partial charge in [-0.1, -0.05) is 25.0 Å². The lowest BCUT2D eigenvalue weighted by Gasteiger charge is -1.99. The van der Waals surface area contributed by atoms with Crippen molar-refractivity contribution in [2.75, 3.05) is 7.11 Å². The van der Waals surface area contributed by atoms with Gasteiger partial charge in [-0.05, 0) is 18.8 Å². The van der Waals surface area contributed by atoms with E-state index in [4.69, 9.17) is 0 Å². The molecule has 12 heavy (non-hydrogen) atoms. The SMILES string of the molecule is COC(=O)C/C=C\C1CCCC1. The quantitative estimate of drug-likeness (QED) is 0.477. The number of carbonyl (C=O) groups is 1. The van der Waals surface area contributed by atoms with Crippen molar-refractivity contribution in [3.05, 3.63) is 12.2 Å². The summed E-state index contributed by atoms with van der Waals surface area (Å²) in [4.78, 5) is 10.7. The molecule has 0 aliphatic heterocycles. The van der Waals surface area contributed by atoms with Gasteiger partial charge in [0.2, 0.25) is 0 Å². The summed E-state index contributed by atoms with van der Waals surface area (Å²) in [6.45, 7) is 0. The normalized spacial score (nSPS) is 18.8. The largest absolute Gasteiger partial charge is 0.469 e. The molecule has 0 aromatic rings. The Labute approximate surface area is 73.6 Å². The van der Waals surface area contributed by atoms with E-state index in [9.17, 15) is 4.79 Å². The van der Waals surface area contributed by atoms with E-state index in [1.807, 2.05) is 6.08 Å². The average molecular weight is 168 g/mol. The summed E-state index contributed by atoms with van der Waals surface area (Å²) >= 11 is 0. The minimum atomic E-state index is -0.149. The second-order valence-corrected chi connectivity index (χ2v) is 3.25. The molecule has 0 spiro atoms. The Hall–Kier alpha value is -0.790. The molecule has 0 saturated heterocycles. The lowest BCUT2D eigenvalue weighted by atomic mass is 10.1. The number of hydrogen-bond acceptors (Lipinski definition) is 2. The van der Waals surface area contributed by atoms with Crippen LogP contribution < -0.4 is 0 Å². The molecule has 1 saturated carbocycles. The molecule has 0 radical (unpaired) electrons. The van der Waals surface area contributed by atoms with Crippen molar-refractivity contribution in [3.8, 4) is 0 Å². The molecule has 0 aromatic carbocycles. The van der Waals surface area contributed by atoms with Crippen LogP contribution in [0.2, 0.25) is 0 Å². The summed E-state index contributed by atoms with van der Waals surface area (Å²) in [6, 6.07) is 0. The van der Waals surface area contributed by atoms with Gasteiger partial charge in [-0.15, -0.1) is 0 Å². The van der Waals surface area contributed by atoms with Gasteiger partial charge >= 0.3 is 5.97 Å². The minimum Gasteiger partial charge on any atom is -0.469 e. The monoisotopic (exact) mass is 168 g/mol. The predicted molar refractivity (Wildman–Crippen MR) is 47.7 cm³/mol. The van der Waals surface area contributed by atoms with Crippen LogP contribution in [0.5, 0.6) is 0 Å². The molecule has 0 aromatic heterocycles. The standard InChI is InChI=1S/C10H16O2/c1-12-10(11)8-4-7-9-5-2-3-6-9/h4,7,9H,2-3,5-6,8H2,1H3/b7-4-. The Balaban J connectivity index is 2.16. The van der Waals surface area contributed by atoms with Gasteiger partial charge < -0.3 is 4.74 Å². The molecule has 0 atom stereocenters. The molecule has 0 bridgehead atoms. The van der Waals surface area contributed by atoms with Gasteiger partial charge in [0.1, 0.15) is 0 Å². The molecule has 1 fully saturated rings. The summed E-state index contributed by atoms with van der Waals surface area (Å²) in [5.41, 5.74) is 0. The van der Waals surface area contributed by atoms with E-state index in [1.54, 1.807) is 0 Å². The van der Waals surface area contributed by atoms with Crippen molar-refractivity contribution in [2.24, 2.45) is 5.92 Å². The second kappa shape index (κ2) is 4.96. The fourth-order valence-corrected chi connectivity index (χ4v) is 1.59. The lowest BCUT2D eigenvalue weighted by molar-refractivity contribution is -0.139. The van der Waals surface area contributed by atoms with Gasteiger partial charge in [-0.25, -0.2) is 0 Å². The first kappa shape index (κ1) is 9.30. The number of ether oxygens (including phenoxy) is 1. The number of rotatable bonds is 3. The first-order valence-corrected chi connectivity index (χ1v) is 4.56. The third kappa shape index (κ3) is 3.07. The number of esters is 1. The highest BCUT2D eigenvalue weighted by molar-refractivity contribution is 5.70. The fourth-order valence-electron chi connectivity index (χ4n) is 1.59. The Morgan fingerprint density at radius 3 is 2.75 bits per heavy atom. The Morgan fingerprint density at radius 2 is 2.17 bits per heavy atom.